The van der Waals surface area contributed by atoms with E-state index in [9.17, 15) is 18.0 Å². The van der Waals surface area contributed by atoms with Crippen LogP contribution >= 0.6 is 23.2 Å². The number of rotatable bonds is 2. The highest BCUT2D eigenvalue weighted by molar-refractivity contribution is 6.39. The number of H-pyrrole nitrogens is 1. The molecular weight excluding hydrogens is 350 g/mol. The lowest BCUT2D eigenvalue weighted by molar-refractivity contribution is -0.137. The van der Waals surface area contributed by atoms with Crippen LogP contribution in [0.2, 0.25) is 10.0 Å². The van der Waals surface area contributed by atoms with E-state index < -0.39 is 11.7 Å². The number of aromatic amines is 1. The summed E-state index contributed by atoms with van der Waals surface area (Å²) in [6.07, 6.45) is -3.90. The summed E-state index contributed by atoms with van der Waals surface area (Å²) in [5.74, 6) is 0. The van der Waals surface area contributed by atoms with Gasteiger partial charge in [0.2, 0.25) is 0 Å². The van der Waals surface area contributed by atoms with E-state index in [0.29, 0.717) is 22.2 Å². The number of hydrogen-bond donors (Lipinski definition) is 1. The van der Waals surface area contributed by atoms with Crippen molar-refractivity contribution in [2.75, 3.05) is 0 Å². The van der Waals surface area contributed by atoms with Crippen molar-refractivity contribution in [3.8, 4) is 11.3 Å². The molecule has 0 fully saturated rings. The molecule has 2 aromatic carbocycles. The summed E-state index contributed by atoms with van der Waals surface area (Å²) in [6, 6.07) is 7.76. The highest BCUT2D eigenvalue weighted by Gasteiger charge is 2.30. The SMILES string of the molecule is O=Cc1c(-c2cccc(C(F)(F)F)c2)[nH]c2cc(Cl)cc(Cl)c12. The van der Waals surface area contributed by atoms with Gasteiger partial charge in [-0.2, -0.15) is 13.2 Å². The van der Waals surface area contributed by atoms with Crippen LogP contribution < -0.4 is 0 Å². The van der Waals surface area contributed by atoms with Crippen molar-refractivity contribution < 1.29 is 18.0 Å². The largest absolute Gasteiger partial charge is 0.416 e. The zero-order chi connectivity index (χ0) is 16.8. The number of alkyl halides is 3. The molecule has 0 atom stereocenters. The van der Waals surface area contributed by atoms with Crippen molar-refractivity contribution >= 4 is 40.4 Å². The van der Waals surface area contributed by atoms with Gasteiger partial charge in [-0.15, -0.1) is 0 Å². The lowest BCUT2D eigenvalue weighted by Gasteiger charge is -2.08. The van der Waals surface area contributed by atoms with Gasteiger partial charge in [0.1, 0.15) is 0 Å². The molecule has 0 saturated carbocycles. The Labute approximate surface area is 138 Å². The molecule has 3 aromatic rings. The molecule has 1 aromatic heterocycles. The fourth-order valence-electron chi connectivity index (χ4n) is 2.47. The lowest BCUT2D eigenvalue weighted by atomic mass is 10.0. The molecule has 0 aliphatic heterocycles. The highest BCUT2D eigenvalue weighted by atomic mass is 35.5. The van der Waals surface area contributed by atoms with E-state index in [4.69, 9.17) is 23.2 Å². The van der Waals surface area contributed by atoms with Crippen molar-refractivity contribution in [1.82, 2.24) is 4.98 Å². The number of benzene rings is 2. The minimum Gasteiger partial charge on any atom is -0.354 e. The Morgan fingerprint density at radius 2 is 1.83 bits per heavy atom. The number of nitrogens with one attached hydrogen (secondary N) is 1. The third-order valence-electron chi connectivity index (χ3n) is 3.45. The lowest BCUT2D eigenvalue weighted by Crippen LogP contribution is -2.04. The smallest absolute Gasteiger partial charge is 0.354 e. The molecule has 1 heterocycles. The predicted molar refractivity (Wildman–Crippen MR) is 84.1 cm³/mol. The number of fused-ring (bicyclic) bond motifs is 1. The van der Waals surface area contributed by atoms with Gasteiger partial charge in [0, 0.05) is 21.5 Å². The number of halogens is 5. The highest BCUT2D eigenvalue weighted by Crippen LogP contribution is 2.37. The number of carbonyl (C=O) groups is 1. The maximum Gasteiger partial charge on any atom is 0.416 e. The molecule has 0 amide bonds. The van der Waals surface area contributed by atoms with Crippen LogP contribution in [0.4, 0.5) is 13.2 Å². The van der Waals surface area contributed by atoms with E-state index >= 15 is 0 Å². The van der Waals surface area contributed by atoms with E-state index in [1.165, 1.54) is 18.2 Å². The van der Waals surface area contributed by atoms with Crippen LogP contribution in [-0.2, 0) is 6.18 Å². The van der Waals surface area contributed by atoms with Crippen LogP contribution in [0.15, 0.2) is 36.4 Å². The molecule has 118 valence electrons. The first-order valence-electron chi connectivity index (χ1n) is 6.45. The number of carbonyl (C=O) groups excluding carboxylic acids is 1. The van der Waals surface area contributed by atoms with Crippen LogP contribution in [0, 0.1) is 0 Å². The third kappa shape index (κ3) is 2.82. The van der Waals surface area contributed by atoms with Gasteiger partial charge in [-0.3, -0.25) is 4.79 Å². The maximum absolute atomic E-state index is 12.9. The Kier molecular flexibility index (Phi) is 3.86. The van der Waals surface area contributed by atoms with E-state index in [2.05, 4.69) is 4.98 Å². The molecule has 1 N–H and O–H groups in total. The first-order valence-corrected chi connectivity index (χ1v) is 7.20. The second-order valence-electron chi connectivity index (χ2n) is 4.92. The molecule has 0 spiro atoms. The van der Waals surface area contributed by atoms with Gasteiger partial charge in [-0.25, -0.2) is 0 Å². The van der Waals surface area contributed by atoms with Crippen molar-refractivity contribution in [3.63, 3.8) is 0 Å². The Morgan fingerprint density at radius 1 is 1.09 bits per heavy atom. The molecule has 0 saturated heterocycles. The summed E-state index contributed by atoms with van der Waals surface area (Å²) in [7, 11) is 0. The molecule has 7 heteroatoms. The van der Waals surface area contributed by atoms with Crippen LogP contribution in [-0.4, -0.2) is 11.3 Å². The molecule has 0 aliphatic rings. The minimum atomic E-state index is -4.47. The zero-order valence-electron chi connectivity index (χ0n) is 11.3. The van der Waals surface area contributed by atoms with Gasteiger partial charge < -0.3 is 4.98 Å². The van der Waals surface area contributed by atoms with Gasteiger partial charge >= 0.3 is 6.18 Å². The normalized spacial score (nSPS) is 11.9. The van der Waals surface area contributed by atoms with Crippen LogP contribution in [0.1, 0.15) is 15.9 Å². The Hall–Kier alpha value is -1.98. The van der Waals surface area contributed by atoms with Gasteiger partial charge in [0.15, 0.2) is 6.29 Å². The third-order valence-corrected chi connectivity index (χ3v) is 3.97. The van der Waals surface area contributed by atoms with Gasteiger partial charge in [-0.1, -0.05) is 35.3 Å². The molecule has 2 nitrogen and oxygen atoms in total. The molecule has 23 heavy (non-hydrogen) atoms. The molecule has 3 rings (SSSR count). The number of aromatic nitrogens is 1. The predicted octanol–water partition coefficient (Wildman–Crippen LogP) is 5.97. The van der Waals surface area contributed by atoms with Crippen LogP contribution in [0.25, 0.3) is 22.2 Å². The van der Waals surface area contributed by atoms with Crippen LogP contribution in [0.5, 0.6) is 0 Å². The van der Waals surface area contributed by atoms with Gasteiger partial charge in [0.25, 0.3) is 0 Å². The Bertz CT molecular complexity index is 916. The van der Waals surface area contributed by atoms with E-state index in [0.717, 1.165) is 12.1 Å². The quantitative estimate of drug-likeness (QED) is 0.562. The van der Waals surface area contributed by atoms with Gasteiger partial charge in [-0.05, 0) is 29.8 Å². The summed E-state index contributed by atoms with van der Waals surface area (Å²) in [4.78, 5) is 14.4. The fraction of sp³-hybridized carbons (Fsp3) is 0.0625. The first kappa shape index (κ1) is 15.9. The fourth-order valence-corrected chi connectivity index (χ4v) is 3.06. The second-order valence-corrected chi connectivity index (χ2v) is 5.76. The minimum absolute atomic E-state index is 0.195. The van der Waals surface area contributed by atoms with Crippen molar-refractivity contribution in [1.29, 1.82) is 0 Å². The van der Waals surface area contributed by atoms with Crippen LogP contribution in [0.3, 0.4) is 0 Å². The Morgan fingerprint density at radius 3 is 2.48 bits per heavy atom. The summed E-state index contributed by atoms with van der Waals surface area (Å²) < 4.78 is 38.6. The van der Waals surface area contributed by atoms with E-state index in [1.807, 2.05) is 0 Å². The average molecular weight is 358 g/mol. The summed E-state index contributed by atoms with van der Waals surface area (Å²) >= 11 is 12.0. The summed E-state index contributed by atoms with van der Waals surface area (Å²) in [5.41, 5.74) is 0.392. The molecular formula is C16H8Cl2F3NO. The second kappa shape index (κ2) is 5.58. The Balaban J connectivity index is 2.29. The zero-order valence-corrected chi connectivity index (χ0v) is 12.9. The monoisotopic (exact) mass is 357 g/mol. The summed E-state index contributed by atoms with van der Waals surface area (Å²) in [5, 5.41) is 1.04. The first-order chi connectivity index (χ1) is 10.8. The number of aldehydes is 1. The molecule has 0 radical (unpaired) electrons. The van der Waals surface area contributed by atoms with Crippen molar-refractivity contribution in [3.05, 3.63) is 57.6 Å². The molecule has 0 aliphatic carbocycles. The molecule has 0 bridgehead atoms. The van der Waals surface area contributed by atoms with Gasteiger partial charge in [0.05, 0.1) is 16.3 Å². The molecule has 0 unspecified atom stereocenters. The maximum atomic E-state index is 12.9. The standard InChI is InChI=1S/C16H8Cl2F3NO/c17-10-5-12(18)14-11(7-23)15(22-13(14)6-10)8-2-1-3-9(4-8)16(19,20)21/h1-7,22H. The van der Waals surface area contributed by atoms with Crippen molar-refractivity contribution in [2.45, 2.75) is 6.18 Å². The average Bonchev–Trinajstić information content (AvgIpc) is 2.85. The summed E-state index contributed by atoms with van der Waals surface area (Å²) in [6.45, 7) is 0. The topological polar surface area (TPSA) is 32.9 Å². The van der Waals surface area contributed by atoms with E-state index in [1.54, 1.807) is 6.07 Å². The van der Waals surface area contributed by atoms with Crippen molar-refractivity contribution in [2.24, 2.45) is 0 Å². The number of hydrogen-bond acceptors (Lipinski definition) is 1. The van der Waals surface area contributed by atoms with E-state index in [-0.39, 0.29) is 21.8 Å².